The van der Waals surface area contributed by atoms with Crippen molar-refractivity contribution in [2.24, 2.45) is 0 Å². The fraction of sp³-hybridized carbons (Fsp3) is 0.440. The molecular formula is C25H31BrCl2N2O3. The monoisotopic (exact) mass is 556 g/mol. The first-order valence-corrected chi connectivity index (χ1v) is 12.5. The molecule has 2 aromatic carbocycles. The molecule has 0 heterocycles. The lowest BCUT2D eigenvalue weighted by molar-refractivity contribution is -0.142. The Morgan fingerprint density at radius 3 is 2.27 bits per heavy atom. The predicted octanol–water partition coefficient (Wildman–Crippen LogP) is 6.59. The van der Waals surface area contributed by atoms with E-state index in [0.29, 0.717) is 27.3 Å². The van der Waals surface area contributed by atoms with Crippen molar-refractivity contribution in [2.75, 3.05) is 6.61 Å². The molecule has 0 aliphatic carbocycles. The number of hydrogen-bond acceptors (Lipinski definition) is 3. The highest BCUT2D eigenvalue weighted by Crippen LogP contribution is 2.30. The smallest absolute Gasteiger partial charge is 0.261 e. The van der Waals surface area contributed by atoms with Crippen molar-refractivity contribution in [2.45, 2.75) is 65.6 Å². The van der Waals surface area contributed by atoms with Gasteiger partial charge in [-0.05, 0) is 71.9 Å². The van der Waals surface area contributed by atoms with E-state index in [2.05, 4.69) is 35.1 Å². The zero-order chi connectivity index (χ0) is 24.7. The van der Waals surface area contributed by atoms with Crippen LogP contribution in [0.3, 0.4) is 0 Å². The first-order chi connectivity index (χ1) is 15.5. The minimum absolute atomic E-state index is 0.00696. The highest BCUT2D eigenvalue weighted by Gasteiger charge is 2.28. The van der Waals surface area contributed by atoms with Crippen molar-refractivity contribution < 1.29 is 14.3 Å². The van der Waals surface area contributed by atoms with E-state index in [-0.39, 0.29) is 31.0 Å². The van der Waals surface area contributed by atoms with Crippen molar-refractivity contribution in [1.29, 1.82) is 0 Å². The Labute approximate surface area is 214 Å². The van der Waals surface area contributed by atoms with Crippen molar-refractivity contribution in [3.63, 3.8) is 0 Å². The molecule has 8 heteroatoms. The van der Waals surface area contributed by atoms with Gasteiger partial charge in [0.1, 0.15) is 11.8 Å². The molecule has 180 valence electrons. The van der Waals surface area contributed by atoms with Gasteiger partial charge in [0.15, 0.2) is 6.61 Å². The standard InChI is InChI=1S/C25H31BrCl2N2O3/c1-6-16(4)29-25(32)17(5)30(13-19-21(27)8-7-9-22(19)28)24(31)14-33-23-11-10-18(15(2)3)12-20(23)26/h7-12,15-17H,6,13-14H2,1-5H3,(H,29,32)/t16-,17-/m1/s1. The molecule has 0 saturated heterocycles. The van der Waals surface area contributed by atoms with Gasteiger partial charge in [-0.15, -0.1) is 0 Å². The van der Waals surface area contributed by atoms with E-state index < -0.39 is 6.04 Å². The largest absolute Gasteiger partial charge is 0.483 e. The van der Waals surface area contributed by atoms with Crippen LogP contribution in [-0.2, 0) is 16.1 Å². The molecule has 1 N–H and O–H groups in total. The molecule has 0 radical (unpaired) electrons. The number of ether oxygens (including phenoxy) is 1. The molecule has 2 atom stereocenters. The maximum atomic E-state index is 13.3. The van der Waals surface area contributed by atoms with Gasteiger partial charge in [-0.25, -0.2) is 0 Å². The molecular weight excluding hydrogens is 527 g/mol. The number of benzene rings is 2. The molecule has 0 bridgehead atoms. The Balaban J connectivity index is 2.24. The summed E-state index contributed by atoms with van der Waals surface area (Å²) >= 11 is 16.2. The summed E-state index contributed by atoms with van der Waals surface area (Å²) < 4.78 is 6.58. The van der Waals surface area contributed by atoms with Crippen LogP contribution in [0.5, 0.6) is 5.75 Å². The van der Waals surface area contributed by atoms with E-state index in [1.54, 1.807) is 25.1 Å². The summed E-state index contributed by atoms with van der Waals surface area (Å²) in [6.07, 6.45) is 0.784. The van der Waals surface area contributed by atoms with Crippen LogP contribution in [0.4, 0.5) is 0 Å². The molecule has 5 nitrogen and oxygen atoms in total. The van der Waals surface area contributed by atoms with E-state index in [4.69, 9.17) is 27.9 Å². The second kappa shape index (κ2) is 12.6. The van der Waals surface area contributed by atoms with E-state index in [1.807, 2.05) is 32.0 Å². The van der Waals surface area contributed by atoms with E-state index in [0.717, 1.165) is 16.5 Å². The SMILES string of the molecule is CC[C@@H](C)NC(=O)[C@@H](C)N(Cc1c(Cl)cccc1Cl)C(=O)COc1ccc(C(C)C)cc1Br. The summed E-state index contributed by atoms with van der Waals surface area (Å²) in [5.74, 6) is 0.332. The molecule has 33 heavy (non-hydrogen) atoms. The van der Waals surface area contributed by atoms with E-state index in [1.165, 1.54) is 4.90 Å². The molecule has 0 saturated carbocycles. The van der Waals surface area contributed by atoms with Crippen molar-refractivity contribution in [3.8, 4) is 5.75 Å². The second-order valence-electron chi connectivity index (χ2n) is 8.35. The predicted molar refractivity (Wildman–Crippen MR) is 138 cm³/mol. The normalized spacial score (nSPS) is 12.9. The van der Waals surface area contributed by atoms with Crippen molar-refractivity contribution >= 4 is 50.9 Å². The number of nitrogens with one attached hydrogen (secondary N) is 1. The average Bonchev–Trinajstić information content (AvgIpc) is 2.77. The van der Waals surface area contributed by atoms with Gasteiger partial charge in [0, 0.05) is 28.2 Å². The molecule has 0 spiro atoms. The van der Waals surface area contributed by atoms with Gasteiger partial charge in [-0.3, -0.25) is 9.59 Å². The summed E-state index contributed by atoms with van der Waals surface area (Å²) in [6, 6.07) is 10.2. The zero-order valence-electron chi connectivity index (χ0n) is 19.6. The summed E-state index contributed by atoms with van der Waals surface area (Å²) in [5.41, 5.74) is 1.74. The van der Waals surface area contributed by atoms with Gasteiger partial charge >= 0.3 is 0 Å². The van der Waals surface area contributed by atoms with Gasteiger partial charge in [0.05, 0.1) is 4.47 Å². The van der Waals surface area contributed by atoms with Crippen LogP contribution < -0.4 is 10.1 Å². The summed E-state index contributed by atoms with van der Waals surface area (Å²) in [7, 11) is 0. The minimum Gasteiger partial charge on any atom is -0.483 e. The molecule has 2 aromatic rings. The van der Waals surface area contributed by atoms with Crippen LogP contribution in [-0.4, -0.2) is 35.4 Å². The van der Waals surface area contributed by atoms with Crippen LogP contribution in [0.25, 0.3) is 0 Å². The quantitative estimate of drug-likeness (QED) is 0.358. The Bertz CT molecular complexity index is 964. The fourth-order valence-electron chi connectivity index (χ4n) is 3.12. The minimum atomic E-state index is -0.741. The first-order valence-electron chi connectivity index (χ1n) is 11.0. The second-order valence-corrected chi connectivity index (χ2v) is 10.0. The fourth-order valence-corrected chi connectivity index (χ4v) is 4.15. The van der Waals surface area contributed by atoms with Gasteiger partial charge in [-0.1, -0.05) is 56.1 Å². The molecule has 0 fully saturated rings. The number of hydrogen-bond donors (Lipinski definition) is 1. The van der Waals surface area contributed by atoms with Crippen LogP contribution >= 0.6 is 39.1 Å². The summed E-state index contributed by atoms with van der Waals surface area (Å²) in [4.78, 5) is 27.5. The molecule has 2 amide bonds. The Kier molecular flexibility index (Phi) is 10.5. The third-order valence-electron chi connectivity index (χ3n) is 5.53. The van der Waals surface area contributed by atoms with Crippen molar-refractivity contribution in [3.05, 3.63) is 62.0 Å². The van der Waals surface area contributed by atoms with Gasteiger partial charge in [0.2, 0.25) is 5.91 Å². The van der Waals surface area contributed by atoms with Crippen LogP contribution in [0.15, 0.2) is 40.9 Å². The lowest BCUT2D eigenvalue weighted by Crippen LogP contribution is -2.50. The third kappa shape index (κ3) is 7.62. The topological polar surface area (TPSA) is 58.6 Å². The van der Waals surface area contributed by atoms with Gasteiger partial charge in [0.25, 0.3) is 5.91 Å². The lowest BCUT2D eigenvalue weighted by atomic mass is 10.0. The van der Waals surface area contributed by atoms with Crippen LogP contribution in [0.2, 0.25) is 10.0 Å². The maximum Gasteiger partial charge on any atom is 0.261 e. The molecule has 2 rings (SSSR count). The summed E-state index contributed by atoms with van der Waals surface area (Å²) in [6.45, 7) is 9.66. The maximum absolute atomic E-state index is 13.3. The summed E-state index contributed by atoms with van der Waals surface area (Å²) in [5, 5.41) is 3.80. The number of rotatable bonds is 10. The zero-order valence-corrected chi connectivity index (χ0v) is 22.7. The van der Waals surface area contributed by atoms with Gasteiger partial charge < -0.3 is 15.0 Å². The number of nitrogens with zero attached hydrogens (tertiary/aromatic N) is 1. The highest BCUT2D eigenvalue weighted by molar-refractivity contribution is 9.10. The molecule has 0 aromatic heterocycles. The van der Waals surface area contributed by atoms with Crippen LogP contribution in [0, 0.1) is 0 Å². The molecule has 0 aliphatic rings. The molecule has 0 unspecified atom stereocenters. The lowest BCUT2D eigenvalue weighted by Gasteiger charge is -2.30. The number of carbonyl (C=O) groups excluding carboxylic acids is 2. The Hall–Kier alpha value is -1.76. The Morgan fingerprint density at radius 1 is 1.09 bits per heavy atom. The number of carbonyl (C=O) groups is 2. The third-order valence-corrected chi connectivity index (χ3v) is 6.86. The number of halogens is 3. The average molecular weight is 558 g/mol. The van der Waals surface area contributed by atoms with E-state index >= 15 is 0 Å². The van der Waals surface area contributed by atoms with Crippen molar-refractivity contribution in [1.82, 2.24) is 10.2 Å². The van der Waals surface area contributed by atoms with Crippen LogP contribution in [0.1, 0.15) is 58.1 Å². The molecule has 0 aliphatic heterocycles. The Morgan fingerprint density at radius 2 is 1.73 bits per heavy atom. The van der Waals surface area contributed by atoms with E-state index in [9.17, 15) is 9.59 Å². The van der Waals surface area contributed by atoms with Gasteiger partial charge in [-0.2, -0.15) is 0 Å². The first kappa shape index (κ1) is 27.5. The number of amides is 2. The highest BCUT2D eigenvalue weighted by atomic mass is 79.9.